The van der Waals surface area contributed by atoms with Crippen LogP contribution in [0.15, 0.2) is 0 Å². The maximum atomic E-state index is 10.8. The number of rotatable bonds is 9. The molecule has 0 saturated carbocycles. The fourth-order valence-electron chi connectivity index (χ4n) is 1.33. The van der Waals surface area contributed by atoms with E-state index in [2.05, 4.69) is 4.74 Å². The van der Waals surface area contributed by atoms with Crippen LogP contribution in [0.2, 0.25) is 0 Å². The molecule has 0 amide bonds. The van der Waals surface area contributed by atoms with Gasteiger partial charge in [-0.25, -0.2) is 4.79 Å². The Kier molecular flexibility index (Phi) is 6.99. The largest absolute Gasteiger partial charge is 0.481 e. The summed E-state index contributed by atoms with van der Waals surface area (Å²) in [5.74, 6) is -5.87. The van der Waals surface area contributed by atoms with Gasteiger partial charge in [0.1, 0.15) is 18.3 Å². The first-order valence-electron chi connectivity index (χ1n) is 5.52. The summed E-state index contributed by atoms with van der Waals surface area (Å²) >= 11 is 0. The van der Waals surface area contributed by atoms with E-state index < -0.39 is 55.2 Å². The maximum absolute atomic E-state index is 10.8. The lowest BCUT2D eigenvalue weighted by Crippen LogP contribution is -2.55. The number of aliphatic carboxylic acids is 2. The molecule has 5 atom stereocenters. The smallest absolute Gasteiger partial charge is 0.333 e. The predicted molar refractivity (Wildman–Crippen MR) is 60.5 cm³/mol. The van der Waals surface area contributed by atoms with Gasteiger partial charge in [0.25, 0.3) is 0 Å². The Morgan fingerprint density at radius 1 is 1.20 bits per heavy atom. The van der Waals surface area contributed by atoms with Crippen LogP contribution in [0.3, 0.4) is 0 Å². The second-order valence-electron chi connectivity index (χ2n) is 4.28. The van der Waals surface area contributed by atoms with Gasteiger partial charge in [-0.05, 0) is 6.92 Å². The zero-order valence-corrected chi connectivity index (χ0v) is 10.6. The molecule has 0 aliphatic rings. The first-order chi connectivity index (χ1) is 9.02. The molecule has 0 rings (SSSR count). The molecule has 0 aliphatic heterocycles. The van der Waals surface area contributed by atoms with Crippen LogP contribution in [0.1, 0.15) is 13.3 Å². The molecule has 0 heterocycles. The molecule has 0 aromatic carbocycles. The Balaban J connectivity index is 4.92. The van der Waals surface area contributed by atoms with E-state index in [0.717, 1.165) is 6.92 Å². The highest BCUT2D eigenvalue weighted by atomic mass is 16.7. The Morgan fingerprint density at radius 3 is 2.05 bits per heavy atom. The zero-order chi connectivity index (χ0) is 16.1. The maximum Gasteiger partial charge on any atom is 0.333 e. The van der Waals surface area contributed by atoms with Crippen molar-refractivity contribution in [1.82, 2.24) is 0 Å². The van der Waals surface area contributed by atoms with Crippen molar-refractivity contribution in [2.45, 2.75) is 43.5 Å². The summed E-state index contributed by atoms with van der Waals surface area (Å²) in [4.78, 5) is 21.2. The van der Waals surface area contributed by atoms with E-state index in [0.29, 0.717) is 0 Å². The van der Waals surface area contributed by atoms with Crippen molar-refractivity contribution in [3.8, 4) is 0 Å². The number of carboxylic acid groups (broad SMARTS) is 2. The quantitative estimate of drug-likeness (QED) is 0.213. The minimum Gasteiger partial charge on any atom is -0.481 e. The molecular weight excluding hydrogens is 280 g/mol. The molecule has 0 aromatic heterocycles. The Bertz CT molecular complexity index is 341. The number of hydrogen-bond acceptors (Lipinski definition) is 8. The number of carbonyl (C=O) groups is 2. The third kappa shape index (κ3) is 5.36. The first-order valence-corrected chi connectivity index (χ1v) is 5.52. The van der Waals surface area contributed by atoms with Gasteiger partial charge in [0.05, 0.1) is 13.0 Å². The average molecular weight is 298 g/mol. The Labute approximate surface area is 113 Å². The van der Waals surface area contributed by atoms with Crippen molar-refractivity contribution in [3.05, 3.63) is 0 Å². The molecule has 0 spiro atoms. The zero-order valence-electron chi connectivity index (χ0n) is 10.6. The van der Waals surface area contributed by atoms with Crippen LogP contribution < -0.4 is 0 Å². The van der Waals surface area contributed by atoms with Gasteiger partial charge >= 0.3 is 11.9 Å². The summed E-state index contributed by atoms with van der Waals surface area (Å²) in [5, 5.41) is 63.6. The fourth-order valence-corrected chi connectivity index (χ4v) is 1.33. The molecule has 0 fully saturated rings. The van der Waals surface area contributed by atoms with Gasteiger partial charge in [-0.2, -0.15) is 0 Å². The normalized spacial score (nSPS) is 20.5. The van der Waals surface area contributed by atoms with E-state index in [1.54, 1.807) is 0 Å². The lowest BCUT2D eigenvalue weighted by atomic mass is 10.0. The van der Waals surface area contributed by atoms with E-state index in [9.17, 15) is 24.9 Å². The molecule has 0 saturated heterocycles. The second-order valence-corrected chi connectivity index (χ2v) is 4.28. The van der Waals surface area contributed by atoms with Crippen molar-refractivity contribution >= 4 is 11.9 Å². The molecule has 118 valence electrons. The number of carboxylic acids is 2. The van der Waals surface area contributed by atoms with Crippen molar-refractivity contribution in [3.63, 3.8) is 0 Å². The monoisotopic (exact) mass is 298 g/mol. The van der Waals surface area contributed by atoms with Gasteiger partial charge in [0.2, 0.25) is 0 Å². The molecule has 0 aromatic rings. The van der Waals surface area contributed by atoms with Crippen LogP contribution in [0.25, 0.3) is 0 Å². The number of hydrogen-bond donors (Lipinski definition) is 7. The fraction of sp³-hybridized carbons (Fsp3) is 0.800. The summed E-state index contributed by atoms with van der Waals surface area (Å²) in [6.45, 7) is -0.144. The van der Waals surface area contributed by atoms with E-state index in [4.69, 9.17) is 20.4 Å². The predicted octanol–water partition coefficient (Wildman–Crippen LogP) is -3.29. The first kappa shape index (κ1) is 18.7. The number of aliphatic hydroxyl groups excluding tert-OH is 4. The molecule has 10 heteroatoms. The Hall–Kier alpha value is -1.30. The standard InChI is InChI=1S/C10H18O10/c1-10(19,8(16)7(15)4(12)3-11)20-5(9(17)18)2-6(13)14/h4-5,7-8,11-12,15-16,19H,2-3H2,1H3,(H,13,14)(H,17,18)/t4-,5?,7-,8+,10+/m1/s1. The third-order valence-corrected chi connectivity index (χ3v) is 2.47. The molecule has 7 N–H and O–H groups in total. The highest BCUT2D eigenvalue weighted by molar-refractivity contribution is 5.79. The number of aliphatic hydroxyl groups is 5. The number of ether oxygens (including phenoxy) is 1. The van der Waals surface area contributed by atoms with Crippen molar-refractivity contribution < 1.29 is 50.1 Å². The third-order valence-electron chi connectivity index (χ3n) is 2.47. The van der Waals surface area contributed by atoms with Crippen LogP contribution in [0, 0.1) is 0 Å². The van der Waals surface area contributed by atoms with Gasteiger partial charge in [0.15, 0.2) is 11.9 Å². The summed E-state index contributed by atoms with van der Waals surface area (Å²) in [6, 6.07) is 0. The van der Waals surface area contributed by atoms with Gasteiger partial charge in [-0.1, -0.05) is 0 Å². The molecule has 0 radical (unpaired) electrons. The lowest BCUT2D eigenvalue weighted by Gasteiger charge is -2.35. The van der Waals surface area contributed by atoms with Crippen LogP contribution in [-0.4, -0.2) is 84.5 Å². The average Bonchev–Trinajstić information content (AvgIpc) is 2.34. The van der Waals surface area contributed by atoms with Crippen LogP contribution in [0.4, 0.5) is 0 Å². The lowest BCUT2D eigenvalue weighted by molar-refractivity contribution is -0.288. The van der Waals surface area contributed by atoms with E-state index >= 15 is 0 Å². The van der Waals surface area contributed by atoms with Gasteiger partial charge in [0, 0.05) is 0 Å². The van der Waals surface area contributed by atoms with Crippen molar-refractivity contribution in [2.75, 3.05) is 6.61 Å². The molecule has 20 heavy (non-hydrogen) atoms. The van der Waals surface area contributed by atoms with E-state index in [-0.39, 0.29) is 0 Å². The van der Waals surface area contributed by atoms with Crippen LogP contribution >= 0.6 is 0 Å². The SMILES string of the molecule is C[C@](O)(OC(CC(=O)O)C(=O)O)[C@@H](O)[C@H](O)[C@H](O)CO. The van der Waals surface area contributed by atoms with Crippen LogP contribution in [-0.2, 0) is 14.3 Å². The van der Waals surface area contributed by atoms with Crippen molar-refractivity contribution in [2.24, 2.45) is 0 Å². The van der Waals surface area contributed by atoms with Crippen molar-refractivity contribution in [1.29, 1.82) is 0 Å². The van der Waals surface area contributed by atoms with Gasteiger partial charge in [-0.3, -0.25) is 4.79 Å². The molecule has 0 bridgehead atoms. The van der Waals surface area contributed by atoms with E-state index in [1.807, 2.05) is 0 Å². The summed E-state index contributed by atoms with van der Waals surface area (Å²) in [7, 11) is 0. The molecule has 1 unspecified atom stereocenters. The molecule has 10 nitrogen and oxygen atoms in total. The van der Waals surface area contributed by atoms with E-state index in [1.165, 1.54) is 0 Å². The highest BCUT2D eigenvalue weighted by Crippen LogP contribution is 2.20. The van der Waals surface area contributed by atoms with Gasteiger partial charge in [-0.15, -0.1) is 0 Å². The summed E-state index contributed by atoms with van der Waals surface area (Å²) in [6.07, 6.45) is -8.98. The minimum absolute atomic E-state index is 0.781. The molecule has 0 aliphatic carbocycles. The van der Waals surface area contributed by atoms with Crippen LogP contribution in [0.5, 0.6) is 0 Å². The summed E-state index contributed by atoms with van der Waals surface area (Å²) in [5.41, 5.74) is 0. The highest BCUT2D eigenvalue weighted by Gasteiger charge is 2.43. The summed E-state index contributed by atoms with van der Waals surface area (Å²) < 4.78 is 4.56. The molecular formula is C10H18O10. The van der Waals surface area contributed by atoms with Gasteiger partial charge < -0.3 is 40.5 Å². The second kappa shape index (κ2) is 7.47. The Morgan fingerprint density at radius 2 is 1.70 bits per heavy atom. The topological polar surface area (TPSA) is 185 Å². The minimum atomic E-state index is -2.66.